The lowest BCUT2D eigenvalue weighted by Crippen LogP contribution is -2.07. The molecule has 0 saturated heterocycles. The Morgan fingerprint density at radius 1 is 1.32 bits per heavy atom. The maximum absolute atomic E-state index is 10.9. The third-order valence-electron chi connectivity index (χ3n) is 3.04. The monoisotopic (exact) mass is 275 g/mol. The molecule has 2 aromatic rings. The lowest BCUT2D eigenvalue weighted by Gasteiger charge is -2.15. The highest BCUT2D eigenvalue weighted by atomic mass is 32.1. The molecule has 0 aliphatic carbocycles. The molecule has 0 amide bonds. The van der Waals surface area contributed by atoms with E-state index in [1.54, 1.807) is 29.5 Å². The standard InChI is InChI=1S/C15H17NO2S/c1-9-7-14(11(3)19-9)10(2)16-13-6-4-5-12(8-13)15(17)18/h4-8,10,16H,1-3H3,(H,17,18). The SMILES string of the molecule is Cc1cc(C(C)Nc2cccc(C(=O)O)c2)c(C)s1. The van der Waals surface area contributed by atoms with Gasteiger partial charge in [-0.1, -0.05) is 6.07 Å². The maximum atomic E-state index is 10.9. The molecule has 2 N–H and O–H groups in total. The average Bonchev–Trinajstić information content (AvgIpc) is 2.69. The van der Waals surface area contributed by atoms with E-state index in [1.807, 2.05) is 6.07 Å². The molecule has 100 valence electrons. The summed E-state index contributed by atoms with van der Waals surface area (Å²) in [5.74, 6) is -0.904. The van der Waals surface area contributed by atoms with Gasteiger partial charge in [0.15, 0.2) is 0 Å². The van der Waals surface area contributed by atoms with E-state index in [-0.39, 0.29) is 6.04 Å². The number of carboxylic acids is 1. The molecular formula is C15H17NO2S. The summed E-state index contributed by atoms with van der Waals surface area (Å²) in [6.07, 6.45) is 0. The number of hydrogen-bond acceptors (Lipinski definition) is 3. The van der Waals surface area contributed by atoms with Crippen LogP contribution >= 0.6 is 11.3 Å². The van der Waals surface area contributed by atoms with Gasteiger partial charge in [0.05, 0.1) is 5.56 Å². The van der Waals surface area contributed by atoms with E-state index in [1.165, 1.54) is 15.3 Å². The Hall–Kier alpha value is -1.81. The summed E-state index contributed by atoms with van der Waals surface area (Å²) in [4.78, 5) is 13.5. The van der Waals surface area contributed by atoms with Crippen molar-refractivity contribution in [3.05, 3.63) is 51.2 Å². The maximum Gasteiger partial charge on any atom is 0.335 e. The number of carbonyl (C=O) groups is 1. The lowest BCUT2D eigenvalue weighted by atomic mass is 10.1. The van der Waals surface area contributed by atoms with Gasteiger partial charge in [-0.15, -0.1) is 11.3 Å². The van der Waals surface area contributed by atoms with Gasteiger partial charge >= 0.3 is 5.97 Å². The third-order valence-corrected chi connectivity index (χ3v) is 4.02. The van der Waals surface area contributed by atoms with Crippen LogP contribution in [0.1, 0.15) is 38.6 Å². The fraction of sp³-hybridized carbons (Fsp3) is 0.267. The van der Waals surface area contributed by atoms with Crippen molar-refractivity contribution in [2.45, 2.75) is 26.8 Å². The summed E-state index contributed by atoms with van der Waals surface area (Å²) in [6, 6.07) is 9.24. The molecule has 0 aliphatic heterocycles. The largest absolute Gasteiger partial charge is 0.478 e. The number of nitrogens with one attached hydrogen (secondary N) is 1. The van der Waals surface area contributed by atoms with E-state index in [9.17, 15) is 4.79 Å². The minimum atomic E-state index is -0.904. The molecule has 0 aliphatic rings. The molecule has 1 atom stereocenters. The zero-order chi connectivity index (χ0) is 14.0. The van der Waals surface area contributed by atoms with E-state index in [0.29, 0.717) is 5.56 Å². The summed E-state index contributed by atoms with van der Waals surface area (Å²) >= 11 is 1.78. The first-order valence-corrected chi connectivity index (χ1v) is 6.96. The van der Waals surface area contributed by atoms with Crippen LogP contribution in [0.25, 0.3) is 0 Å². The van der Waals surface area contributed by atoms with Gasteiger partial charge in [-0.3, -0.25) is 0 Å². The molecule has 0 fully saturated rings. The molecule has 2 rings (SSSR count). The number of hydrogen-bond donors (Lipinski definition) is 2. The number of thiophene rings is 1. The summed E-state index contributed by atoms with van der Waals surface area (Å²) < 4.78 is 0. The smallest absolute Gasteiger partial charge is 0.335 e. The van der Waals surface area contributed by atoms with E-state index < -0.39 is 5.97 Å². The predicted molar refractivity (Wildman–Crippen MR) is 79.2 cm³/mol. The van der Waals surface area contributed by atoms with Crippen LogP contribution in [0.4, 0.5) is 5.69 Å². The normalized spacial score (nSPS) is 12.2. The first-order valence-electron chi connectivity index (χ1n) is 6.14. The zero-order valence-corrected chi connectivity index (χ0v) is 12.0. The summed E-state index contributed by atoms with van der Waals surface area (Å²) in [5, 5.41) is 12.3. The summed E-state index contributed by atoms with van der Waals surface area (Å²) in [7, 11) is 0. The van der Waals surface area contributed by atoms with Crippen molar-refractivity contribution in [3.63, 3.8) is 0 Å². The van der Waals surface area contributed by atoms with Crippen LogP contribution in [0, 0.1) is 13.8 Å². The first-order chi connectivity index (χ1) is 8.97. The van der Waals surface area contributed by atoms with Crippen molar-refractivity contribution in [3.8, 4) is 0 Å². The molecule has 4 heteroatoms. The molecule has 1 unspecified atom stereocenters. The number of rotatable bonds is 4. The van der Waals surface area contributed by atoms with Crippen LogP contribution in [-0.4, -0.2) is 11.1 Å². The fourth-order valence-electron chi connectivity index (χ4n) is 2.15. The van der Waals surface area contributed by atoms with Crippen LogP contribution in [0.5, 0.6) is 0 Å². The summed E-state index contributed by atoms with van der Waals surface area (Å²) in [6.45, 7) is 6.29. The second kappa shape index (κ2) is 5.45. The molecule has 1 aromatic carbocycles. The highest BCUT2D eigenvalue weighted by molar-refractivity contribution is 7.12. The fourth-order valence-corrected chi connectivity index (χ4v) is 3.17. The van der Waals surface area contributed by atoms with Gasteiger partial charge in [0.1, 0.15) is 0 Å². The van der Waals surface area contributed by atoms with Gasteiger partial charge in [0.25, 0.3) is 0 Å². The van der Waals surface area contributed by atoms with Crippen LogP contribution in [-0.2, 0) is 0 Å². The Labute approximate surface area is 116 Å². The number of aromatic carboxylic acids is 1. The molecule has 0 spiro atoms. The molecule has 0 bridgehead atoms. The van der Waals surface area contributed by atoms with Crippen molar-refractivity contribution in [2.24, 2.45) is 0 Å². The van der Waals surface area contributed by atoms with Crippen LogP contribution < -0.4 is 5.32 Å². The lowest BCUT2D eigenvalue weighted by molar-refractivity contribution is 0.0697. The van der Waals surface area contributed by atoms with Gasteiger partial charge in [-0.05, 0) is 50.6 Å². The Morgan fingerprint density at radius 3 is 2.63 bits per heavy atom. The van der Waals surface area contributed by atoms with E-state index in [4.69, 9.17) is 5.11 Å². The average molecular weight is 275 g/mol. The topological polar surface area (TPSA) is 49.3 Å². The predicted octanol–water partition coefficient (Wildman–Crippen LogP) is 4.24. The molecule has 1 aromatic heterocycles. The van der Waals surface area contributed by atoms with Crippen molar-refractivity contribution in [1.82, 2.24) is 0 Å². The van der Waals surface area contributed by atoms with Crippen molar-refractivity contribution in [1.29, 1.82) is 0 Å². The Balaban J connectivity index is 2.19. The van der Waals surface area contributed by atoms with Gasteiger partial charge in [0, 0.05) is 21.5 Å². The number of benzene rings is 1. The van der Waals surface area contributed by atoms with Crippen LogP contribution in [0.15, 0.2) is 30.3 Å². The number of carboxylic acid groups (broad SMARTS) is 1. The van der Waals surface area contributed by atoms with Crippen molar-refractivity contribution in [2.75, 3.05) is 5.32 Å². The minimum absolute atomic E-state index is 0.161. The second-order valence-corrected chi connectivity index (χ2v) is 6.08. The first kappa shape index (κ1) is 13.6. The second-order valence-electron chi connectivity index (χ2n) is 4.62. The van der Waals surface area contributed by atoms with E-state index in [2.05, 4.69) is 32.2 Å². The quantitative estimate of drug-likeness (QED) is 0.877. The van der Waals surface area contributed by atoms with Crippen molar-refractivity contribution >= 4 is 23.0 Å². The zero-order valence-electron chi connectivity index (χ0n) is 11.2. The van der Waals surface area contributed by atoms with Crippen molar-refractivity contribution < 1.29 is 9.90 Å². The molecular weight excluding hydrogens is 258 g/mol. The third kappa shape index (κ3) is 3.15. The Kier molecular flexibility index (Phi) is 3.90. The van der Waals surface area contributed by atoms with E-state index in [0.717, 1.165) is 5.69 Å². The molecule has 3 nitrogen and oxygen atoms in total. The number of anilines is 1. The molecule has 0 radical (unpaired) electrons. The molecule has 19 heavy (non-hydrogen) atoms. The van der Waals surface area contributed by atoms with Gasteiger partial charge in [-0.25, -0.2) is 4.79 Å². The van der Waals surface area contributed by atoms with E-state index >= 15 is 0 Å². The molecule has 1 heterocycles. The van der Waals surface area contributed by atoms with Crippen LogP contribution in [0.2, 0.25) is 0 Å². The van der Waals surface area contributed by atoms with Gasteiger partial charge < -0.3 is 10.4 Å². The van der Waals surface area contributed by atoms with Crippen LogP contribution in [0.3, 0.4) is 0 Å². The molecule has 0 saturated carbocycles. The summed E-state index contributed by atoms with van der Waals surface area (Å²) in [5.41, 5.74) is 2.40. The highest BCUT2D eigenvalue weighted by Gasteiger charge is 2.12. The highest BCUT2D eigenvalue weighted by Crippen LogP contribution is 2.28. The van der Waals surface area contributed by atoms with Gasteiger partial charge in [0.2, 0.25) is 0 Å². The Bertz CT molecular complexity index is 604. The number of aryl methyl sites for hydroxylation is 2. The van der Waals surface area contributed by atoms with Gasteiger partial charge in [-0.2, -0.15) is 0 Å². The Morgan fingerprint density at radius 2 is 2.05 bits per heavy atom. The minimum Gasteiger partial charge on any atom is -0.478 e.